The number of anilines is 6. The monoisotopic (exact) mass is 950 g/mol. The Hall–Kier alpha value is -9.42. The van der Waals surface area contributed by atoms with E-state index in [9.17, 15) is 0 Å². The fraction of sp³-hybridized carbons (Fsp3) is 0. The van der Waals surface area contributed by atoms with Crippen molar-refractivity contribution in [2.45, 2.75) is 0 Å². The lowest BCUT2D eigenvalue weighted by molar-refractivity contribution is 0.670. The van der Waals surface area contributed by atoms with Gasteiger partial charge in [-0.15, -0.1) is 11.3 Å². The minimum Gasteiger partial charge on any atom is -0.453 e. The number of furan rings is 2. The van der Waals surface area contributed by atoms with E-state index in [1.54, 1.807) is 0 Å². The highest BCUT2D eigenvalue weighted by atomic mass is 32.1. The van der Waals surface area contributed by atoms with Crippen molar-refractivity contribution in [3.63, 3.8) is 0 Å². The number of fused-ring (bicyclic) bond motifs is 13. The number of nitrogens with zero attached hydrogens (tertiary/aromatic N) is 2. The normalized spacial score (nSPS) is 11.8. The van der Waals surface area contributed by atoms with Gasteiger partial charge in [-0.05, 0) is 105 Å². The van der Waals surface area contributed by atoms with Crippen LogP contribution in [0.2, 0.25) is 0 Å². The molecule has 0 fully saturated rings. The fourth-order valence-electron chi connectivity index (χ4n) is 11.3. The first-order chi connectivity index (χ1) is 36.2. The second-order valence-corrected chi connectivity index (χ2v) is 19.8. The largest absolute Gasteiger partial charge is 0.453 e. The van der Waals surface area contributed by atoms with Gasteiger partial charge in [0.25, 0.3) is 0 Å². The smallest absolute Gasteiger partial charge is 0.159 e. The SMILES string of the molecule is c1ccc(-c2cccc3c2oc2c(N(c4ccccc4)c4ccc5c(ccc6sc7ccc8cc(N(c9ccccc9)c9cccc%10c9oc9c(-c%11ccccc%11)cccc9%10)ccc8c7c65)c4)cccc23)cc1. The minimum atomic E-state index is 0.854. The fourth-order valence-corrected chi connectivity index (χ4v) is 12.5. The summed E-state index contributed by atoms with van der Waals surface area (Å²) in [7, 11) is 0. The van der Waals surface area contributed by atoms with Crippen molar-refractivity contribution in [2.75, 3.05) is 9.80 Å². The average molecular weight is 951 g/mol. The zero-order chi connectivity index (χ0) is 48.0. The summed E-state index contributed by atoms with van der Waals surface area (Å²) in [6.45, 7) is 0. The van der Waals surface area contributed by atoms with Gasteiger partial charge in [-0.1, -0.05) is 182 Å². The molecule has 342 valence electrons. The van der Waals surface area contributed by atoms with E-state index in [0.717, 1.165) is 100 Å². The predicted octanol–water partition coefficient (Wildman–Crippen LogP) is 20.4. The average Bonchev–Trinajstić information content (AvgIpc) is 4.17. The van der Waals surface area contributed by atoms with E-state index in [-0.39, 0.29) is 0 Å². The van der Waals surface area contributed by atoms with Crippen LogP contribution < -0.4 is 9.80 Å². The summed E-state index contributed by atoms with van der Waals surface area (Å²) < 4.78 is 16.5. The van der Waals surface area contributed by atoms with E-state index in [0.29, 0.717) is 0 Å². The molecule has 0 amide bonds. The summed E-state index contributed by atoms with van der Waals surface area (Å²) in [5.74, 6) is 0. The maximum Gasteiger partial charge on any atom is 0.159 e. The van der Waals surface area contributed by atoms with E-state index in [1.165, 1.54) is 41.7 Å². The number of hydrogen-bond donors (Lipinski definition) is 0. The molecule has 3 aromatic heterocycles. The molecular formula is C68H42N2O2S. The Bertz CT molecular complexity index is 4320. The van der Waals surface area contributed by atoms with E-state index in [1.807, 2.05) is 11.3 Å². The van der Waals surface area contributed by atoms with Gasteiger partial charge in [0.15, 0.2) is 11.2 Å². The third-order valence-corrected chi connectivity index (χ3v) is 15.7. The Morgan fingerprint density at radius 3 is 1.08 bits per heavy atom. The Labute approximate surface area is 424 Å². The molecule has 15 aromatic rings. The van der Waals surface area contributed by atoms with Crippen LogP contribution in [-0.2, 0) is 0 Å². The van der Waals surface area contributed by atoms with Crippen molar-refractivity contribution in [2.24, 2.45) is 0 Å². The molecule has 0 N–H and O–H groups in total. The number of hydrogen-bond acceptors (Lipinski definition) is 5. The molecule has 5 heteroatoms. The first-order valence-electron chi connectivity index (χ1n) is 24.7. The van der Waals surface area contributed by atoms with Crippen LogP contribution in [0.25, 0.3) is 108 Å². The Kier molecular flexibility index (Phi) is 9.41. The van der Waals surface area contributed by atoms with E-state index in [4.69, 9.17) is 8.83 Å². The first kappa shape index (κ1) is 41.4. The van der Waals surface area contributed by atoms with Gasteiger partial charge in [0.1, 0.15) is 11.2 Å². The molecule has 0 saturated carbocycles. The lowest BCUT2D eigenvalue weighted by Gasteiger charge is -2.26. The van der Waals surface area contributed by atoms with Crippen molar-refractivity contribution >= 4 is 131 Å². The molecule has 0 saturated heterocycles. The summed E-state index contributed by atoms with van der Waals surface area (Å²) in [6, 6.07) is 91.3. The molecule has 0 atom stereocenters. The highest BCUT2D eigenvalue weighted by Crippen LogP contribution is 2.49. The van der Waals surface area contributed by atoms with Crippen molar-refractivity contribution in [3.05, 3.63) is 255 Å². The molecule has 0 aliphatic heterocycles. The van der Waals surface area contributed by atoms with Crippen LogP contribution in [0.4, 0.5) is 34.1 Å². The summed E-state index contributed by atoms with van der Waals surface area (Å²) in [6.07, 6.45) is 0. The van der Waals surface area contributed by atoms with Crippen LogP contribution in [0.5, 0.6) is 0 Å². The number of benzene rings is 12. The Morgan fingerprint density at radius 2 is 0.658 bits per heavy atom. The standard InChI is InChI=1S/C68H42N2O2S/c1-5-17-43(18-6-1)53-25-13-27-55-57-29-15-31-59(67(57)71-65(53)55)69(47-21-9-3-10-22-47)49-35-37-51-45(41-49)33-39-61-63(51)64-52-38-36-50(42-46(52)34-40-62(64)73-61)70(48-23-11-4-12-24-48)60-32-16-30-58-56-28-14-26-54(66(56)72-68(58)60)44-19-7-2-8-20-44/h1-42H. The zero-order valence-electron chi connectivity index (χ0n) is 39.4. The van der Waals surface area contributed by atoms with Crippen molar-refractivity contribution in [3.8, 4) is 22.3 Å². The summed E-state index contributed by atoms with van der Waals surface area (Å²) in [4.78, 5) is 4.68. The van der Waals surface area contributed by atoms with Crippen molar-refractivity contribution in [1.29, 1.82) is 0 Å². The third-order valence-electron chi connectivity index (χ3n) is 14.6. The summed E-state index contributed by atoms with van der Waals surface area (Å²) in [5.41, 5.74) is 14.1. The molecule has 0 unspecified atom stereocenters. The summed E-state index contributed by atoms with van der Waals surface area (Å²) in [5, 5.41) is 11.7. The topological polar surface area (TPSA) is 32.8 Å². The number of thiophene rings is 1. The predicted molar refractivity (Wildman–Crippen MR) is 309 cm³/mol. The zero-order valence-corrected chi connectivity index (χ0v) is 40.2. The molecular weight excluding hydrogens is 909 g/mol. The minimum absolute atomic E-state index is 0.854. The molecule has 0 radical (unpaired) electrons. The van der Waals surface area contributed by atoms with Gasteiger partial charge in [0.2, 0.25) is 0 Å². The highest BCUT2D eigenvalue weighted by molar-refractivity contribution is 7.26. The maximum absolute atomic E-state index is 6.99. The molecule has 73 heavy (non-hydrogen) atoms. The van der Waals surface area contributed by atoms with E-state index >= 15 is 0 Å². The van der Waals surface area contributed by atoms with Crippen molar-refractivity contribution < 1.29 is 8.83 Å². The molecule has 3 heterocycles. The van der Waals surface area contributed by atoms with Crippen LogP contribution in [-0.4, -0.2) is 0 Å². The van der Waals surface area contributed by atoms with Gasteiger partial charge >= 0.3 is 0 Å². The second-order valence-electron chi connectivity index (χ2n) is 18.7. The molecule has 0 aliphatic carbocycles. The van der Waals surface area contributed by atoms with Crippen LogP contribution in [0, 0.1) is 0 Å². The highest BCUT2D eigenvalue weighted by Gasteiger charge is 2.24. The Morgan fingerprint density at radius 1 is 0.274 bits per heavy atom. The van der Waals surface area contributed by atoms with Gasteiger partial charge in [-0.3, -0.25) is 0 Å². The third kappa shape index (κ3) is 6.60. The second kappa shape index (κ2) is 16.6. The molecule has 15 rings (SSSR count). The lowest BCUT2D eigenvalue weighted by atomic mass is 9.98. The number of rotatable bonds is 8. The van der Waals surface area contributed by atoms with Crippen LogP contribution in [0.3, 0.4) is 0 Å². The van der Waals surface area contributed by atoms with E-state index < -0.39 is 0 Å². The van der Waals surface area contributed by atoms with Crippen LogP contribution in [0.1, 0.15) is 0 Å². The number of para-hydroxylation sites is 6. The van der Waals surface area contributed by atoms with Crippen molar-refractivity contribution in [1.82, 2.24) is 0 Å². The molecule has 0 aliphatic rings. The molecule has 12 aromatic carbocycles. The van der Waals surface area contributed by atoms with Crippen LogP contribution in [0.15, 0.2) is 264 Å². The van der Waals surface area contributed by atoms with Gasteiger partial charge in [-0.2, -0.15) is 0 Å². The quantitative estimate of drug-likeness (QED) is 0.152. The van der Waals surface area contributed by atoms with Gasteiger partial charge in [-0.25, -0.2) is 0 Å². The molecule has 0 bridgehead atoms. The first-order valence-corrected chi connectivity index (χ1v) is 25.5. The molecule has 0 spiro atoms. The maximum atomic E-state index is 6.99. The lowest BCUT2D eigenvalue weighted by Crippen LogP contribution is -2.10. The van der Waals surface area contributed by atoms with Gasteiger partial charge in [0, 0.05) is 75.6 Å². The van der Waals surface area contributed by atoms with E-state index in [2.05, 4.69) is 265 Å². The van der Waals surface area contributed by atoms with Gasteiger partial charge < -0.3 is 18.6 Å². The Balaban J connectivity index is 0.879. The van der Waals surface area contributed by atoms with Crippen LogP contribution >= 0.6 is 11.3 Å². The van der Waals surface area contributed by atoms with Gasteiger partial charge in [0.05, 0.1) is 11.4 Å². The molecule has 4 nitrogen and oxygen atoms in total. The summed E-state index contributed by atoms with van der Waals surface area (Å²) >= 11 is 1.86.